The van der Waals surface area contributed by atoms with Gasteiger partial charge in [-0.1, -0.05) is 12.2 Å². The number of hydrogen-bond acceptors (Lipinski definition) is 5. The Kier molecular flexibility index (Phi) is 2.92. The molecule has 2 heterocycles. The maximum absolute atomic E-state index is 9.27. The Morgan fingerprint density at radius 3 is 2.86 bits per heavy atom. The highest BCUT2D eigenvalue weighted by Crippen LogP contribution is 2.35. The standard InChI is InChI=1S/C15H19N5O/c16-15-18-12(6-9-1-2-9)13-14(19-15)20(8-17-13)11-4-3-10(5-11)7-21/h3-4,8-11,21H,1-2,5-7H2,(H2,16,18,19). The molecule has 0 spiro atoms. The average molecular weight is 285 g/mol. The van der Waals surface area contributed by atoms with Crippen LogP contribution in [-0.4, -0.2) is 31.2 Å². The van der Waals surface area contributed by atoms with Gasteiger partial charge in [-0.25, -0.2) is 9.97 Å². The van der Waals surface area contributed by atoms with Crippen molar-refractivity contribution in [3.05, 3.63) is 24.2 Å². The second kappa shape index (κ2) is 4.80. The fraction of sp³-hybridized carbons (Fsp3) is 0.533. The summed E-state index contributed by atoms with van der Waals surface area (Å²) < 4.78 is 2.05. The van der Waals surface area contributed by atoms with Gasteiger partial charge in [0.15, 0.2) is 5.65 Å². The number of nitrogens with zero attached hydrogens (tertiary/aromatic N) is 4. The number of aliphatic hydroxyl groups excluding tert-OH is 1. The van der Waals surface area contributed by atoms with E-state index in [-0.39, 0.29) is 18.6 Å². The molecule has 3 N–H and O–H groups in total. The third kappa shape index (κ3) is 2.29. The SMILES string of the molecule is Nc1nc(CC2CC2)c2ncn(C3C=CC(CO)C3)c2n1. The van der Waals surface area contributed by atoms with Crippen LogP contribution in [0.5, 0.6) is 0 Å². The third-order valence-corrected chi connectivity index (χ3v) is 4.43. The van der Waals surface area contributed by atoms with Gasteiger partial charge in [0.2, 0.25) is 5.95 Å². The zero-order valence-corrected chi connectivity index (χ0v) is 11.8. The normalized spacial score (nSPS) is 25.0. The lowest BCUT2D eigenvalue weighted by atomic mass is 10.1. The van der Waals surface area contributed by atoms with Gasteiger partial charge in [0.1, 0.15) is 5.52 Å². The quantitative estimate of drug-likeness (QED) is 0.830. The summed E-state index contributed by atoms with van der Waals surface area (Å²) in [6, 6.07) is 0.190. The molecule has 0 saturated heterocycles. The highest BCUT2D eigenvalue weighted by Gasteiger charge is 2.26. The Hall–Kier alpha value is -1.95. The molecule has 2 aromatic rings. The van der Waals surface area contributed by atoms with Crippen LogP contribution in [0.3, 0.4) is 0 Å². The number of anilines is 1. The molecule has 0 aliphatic heterocycles. The minimum absolute atomic E-state index is 0.184. The molecule has 2 atom stereocenters. The van der Waals surface area contributed by atoms with Crippen LogP contribution in [0.25, 0.3) is 11.2 Å². The lowest BCUT2D eigenvalue weighted by molar-refractivity contribution is 0.244. The van der Waals surface area contributed by atoms with Gasteiger partial charge < -0.3 is 15.4 Å². The second-order valence-corrected chi connectivity index (χ2v) is 6.13. The third-order valence-electron chi connectivity index (χ3n) is 4.43. The summed E-state index contributed by atoms with van der Waals surface area (Å²) in [4.78, 5) is 13.3. The topological polar surface area (TPSA) is 89.8 Å². The first-order valence-corrected chi connectivity index (χ1v) is 7.52. The van der Waals surface area contributed by atoms with Crippen LogP contribution in [0.4, 0.5) is 5.95 Å². The molecule has 1 fully saturated rings. The molecule has 21 heavy (non-hydrogen) atoms. The number of nitrogen functional groups attached to an aromatic ring is 1. The summed E-state index contributed by atoms with van der Waals surface area (Å²) in [5.74, 6) is 1.27. The predicted molar refractivity (Wildman–Crippen MR) is 79.5 cm³/mol. The molecule has 2 aliphatic rings. The molecular formula is C15H19N5O. The largest absolute Gasteiger partial charge is 0.396 e. The summed E-state index contributed by atoms with van der Waals surface area (Å²) in [6.07, 6.45) is 10.4. The molecule has 6 nitrogen and oxygen atoms in total. The molecule has 0 amide bonds. The summed E-state index contributed by atoms with van der Waals surface area (Å²) in [5, 5.41) is 9.27. The molecule has 110 valence electrons. The van der Waals surface area contributed by atoms with Gasteiger partial charge in [0.25, 0.3) is 0 Å². The first-order chi connectivity index (χ1) is 10.2. The van der Waals surface area contributed by atoms with Gasteiger partial charge in [0, 0.05) is 12.5 Å². The van der Waals surface area contributed by atoms with Gasteiger partial charge in [0.05, 0.1) is 18.1 Å². The Bertz CT molecular complexity index is 703. The van der Waals surface area contributed by atoms with Crippen LogP contribution >= 0.6 is 0 Å². The van der Waals surface area contributed by atoms with E-state index in [1.165, 1.54) is 12.8 Å². The van der Waals surface area contributed by atoms with Crippen LogP contribution in [0, 0.1) is 11.8 Å². The molecule has 0 radical (unpaired) electrons. The molecule has 2 unspecified atom stereocenters. The molecule has 1 saturated carbocycles. The smallest absolute Gasteiger partial charge is 0.222 e. The molecule has 0 aromatic carbocycles. The van der Waals surface area contributed by atoms with Crippen molar-refractivity contribution < 1.29 is 5.11 Å². The van der Waals surface area contributed by atoms with E-state index in [1.54, 1.807) is 0 Å². The van der Waals surface area contributed by atoms with Crippen molar-refractivity contribution in [2.75, 3.05) is 12.3 Å². The number of nitrogens with two attached hydrogens (primary N) is 1. The van der Waals surface area contributed by atoms with E-state index in [0.29, 0.717) is 5.95 Å². The highest BCUT2D eigenvalue weighted by atomic mass is 16.3. The van der Waals surface area contributed by atoms with Gasteiger partial charge in [-0.3, -0.25) is 0 Å². The van der Waals surface area contributed by atoms with Crippen molar-refractivity contribution in [2.24, 2.45) is 11.8 Å². The van der Waals surface area contributed by atoms with Gasteiger partial charge in [-0.05, 0) is 31.6 Å². The fourth-order valence-corrected chi connectivity index (χ4v) is 3.07. The molecule has 6 heteroatoms. The van der Waals surface area contributed by atoms with E-state index in [9.17, 15) is 5.11 Å². The van der Waals surface area contributed by atoms with Crippen molar-refractivity contribution in [1.29, 1.82) is 0 Å². The lowest BCUT2D eigenvalue weighted by Crippen LogP contribution is -2.09. The predicted octanol–water partition coefficient (Wildman–Crippen LogP) is 1.47. The zero-order chi connectivity index (χ0) is 14.4. The number of rotatable bonds is 4. The second-order valence-electron chi connectivity index (χ2n) is 6.13. The number of aromatic nitrogens is 4. The van der Waals surface area contributed by atoms with Crippen LogP contribution in [-0.2, 0) is 6.42 Å². The van der Waals surface area contributed by atoms with Gasteiger partial charge >= 0.3 is 0 Å². The minimum atomic E-state index is 0.184. The Balaban J connectivity index is 1.73. The van der Waals surface area contributed by atoms with E-state index >= 15 is 0 Å². The van der Waals surface area contributed by atoms with Crippen molar-refractivity contribution in [3.8, 4) is 0 Å². The van der Waals surface area contributed by atoms with Crippen molar-refractivity contribution in [3.63, 3.8) is 0 Å². The van der Waals surface area contributed by atoms with E-state index in [0.717, 1.165) is 35.6 Å². The highest BCUT2D eigenvalue weighted by molar-refractivity contribution is 5.75. The molecule has 4 rings (SSSR count). The number of hydrogen-bond donors (Lipinski definition) is 2. The van der Waals surface area contributed by atoms with Crippen LogP contribution in [0.1, 0.15) is 31.0 Å². The first kappa shape index (κ1) is 12.8. The van der Waals surface area contributed by atoms with Crippen LogP contribution in [0.2, 0.25) is 0 Å². The van der Waals surface area contributed by atoms with E-state index < -0.39 is 0 Å². The van der Waals surface area contributed by atoms with E-state index in [4.69, 9.17) is 5.73 Å². The molecule has 0 bridgehead atoms. The van der Waals surface area contributed by atoms with Crippen LogP contribution in [0.15, 0.2) is 18.5 Å². The number of allylic oxidation sites excluding steroid dienone is 1. The van der Waals surface area contributed by atoms with E-state index in [2.05, 4.69) is 31.7 Å². The number of imidazole rings is 1. The Morgan fingerprint density at radius 1 is 1.29 bits per heavy atom. The maximum atomic E-state index is 9.27. The van der Waals surface area contributed by atoms with Gasteiger partial charge in [-0.15, -0.1) is 0 Å². The maximum Gasteiger partial charge on any atom is 0.222 e. The molecule has 2 aliphatic carbocycles. The first-order valence-electron chi connectivity index (χ1n) is 7.52. The van der Waals surface area contributed by atoms with E-state index in [1.807, 2.05) is 6.33 Å². The van der Waals surface area contributed by atoms with Crippen molar-refractivity contribution >= 4 is 17.1 Å². The van der Waals surface area contributed by atoms with Crippen molar-refractivity contribution in [2.45, 2.75) is 31.7 Å². The minimum Gasteiger partial charge on any atom is -0.396 e. The number of fused-ring (bicyclic) bond motifs is 1. The summed E-state index contributed by atoms with van der Waals surface area (Å²) in [5.41, 5.74) is 8.54. The summed E-state index contributed by atoms with van der Waals surface area (Å²) in [7, 11) is 0. The lowest BCUT2D eigenvalue weighted by Gasteiger charge is -2.13. The van der Waals surface area contributed by atoms with Crippen LogP contribution < -0.4 is 5.73 Å². The molecule has 2 aromatic heterocycles. The zero-order valence-electron chi connectivity index (χ0n) is 11.8. The summed E-state index contributed by atoms with van der Waals surface area (Å²) >= 11 is 0. The van der Waals surface area contributed by atoms with Crippen molar-refractivity contribution in [1.82, 2.24) is 19.5 Å². The fourth-order valence-electron chi connectivity index (χ4n) is 3.07. The Labute approximate surface area is 122 Å². The molecular weight excluding hydrogens is 266 g/mol. The van der Waals surface area contributed by atoms with Gasteiger partial charge in [-0.2, -0.15) is 4.98 Å². The average Bonchev–Trinajstić information content (AvgIpc) is 3.01. The summed E-state index contributed by atoms with van der Waals surface area (Å²) in [6.45, 7) is 0.184. The monoisotopic (exact) mass is 285 g/mol. The number of aliphatic hydroxyl groups is 1. The Morgan fingerprint density at radius 2 is 2.14 bits per heavy atom.